The zero-order chi connectivity index (χ0) is 10.7. The number of benzene rings is 1. The van der Waals surface area contributed by atoms with Crippen molar-refractivity contribution >= 4 is 21.6 Å². The van der Waals surface area contributed by atoms with Gasteiger partial charge in [0.25, 0.3) is 0 Å². The van der Waals surface area contributed by atoms with Crippen molar-refractivity contribution in [2.75, 3.05) is 12.3 Å². The lowest BCUT2D eigenvalue weighted by molar-refractivity contribution is 0.303. The third-order valence-electron chi connectivity index (χ3n) is 1.54. The number of hydrogen-bond donors (Lipinski definition) is 1. The van der Waals surface area contributed by atoms with Crippen LogP contribution in [0.4, 0.5) is 14.5 Å². The van der Waals surface area contributed by atoms with Gasteiger partial charge in [-0.2, -0.15) is 4.39 Å². The van der Waals surface area contributed by atoms with E-state index in [1.54, 1.807) is 0 Å². The van der Waals surface area contributed by atoms with Crippen LogP contribution in [0.1, 0.15) is 6.92 Å². The molecule has 0 heterocycles. The van der Waals surface area contributed by atoms with Gasteiger partial charge in [0.15, 0.2) is 11.6 Å². The monoisotopic (exact) mass is 265 g/mol. The Morgan fingerprint density at radius 1 is 1.50 bits per heavy atom. The maximum Gasteiger partial charge on any atom is 0.202 e. The zero-order valence-corrected chi connectivity index (χ0v) is 9.14. The van der Waals surface area contributed by atoms with Gasteiger partial charge in [-0.1, -0.05) is 15.9 Å². The van der Waals surface area contributed by atoms with Crippen LogP contribution >= 0.6 is 15.9 Å². The average molecular weight is 266 g/mol. The molecule has 0 saturated carbocycles. The summed E-state index contributed by atoms with van der Waals surface area (Å²) >= 11 is 3.22. The average Bonchev–Trinajstić information content (AvgIpc) is 2.11. The van der Waals surface area contributed by atoms with Crippen LogP contribution in [0.3, 0.4) is 0 Å². The lowest BCUT2D eigenvalue weighted by Crippen LogP contribution is -2.10. The van der Waals surface area contributed by atoms with Gasteiger partial charge in [-0.25, -0.2) is 4.39 Å². The lowest BCUT2D eigenvalue weighted by Gasteiger charge is -2.11. The number of hydrogen-bond acceptors (Lipinski definition) is 2. The standard InChI is InChI=1S/C9H10BrF2NO/c1-5(10)4-14-9-7(13)3-2-6(11)8(9)12/h2-3,5H,4,13H2,1H3/t5-/m1/s1. The van der Waals surface area contributed by atoms with Crippen molar-refractivity contribution in [3.8, 4) is 5.75 Å². The van der Waals surface area contributed by atoms with E-state index in [0.717, 1.165) is 6.07 Å². The first-order valence-electron chi connectivity index (χ1n) is 4.02. The fraction of sp³-hybridized carbons (Fsp3) is 0.333. The third kappa shape index (κ3) is 2.57. The summed E-state index contributed by atoms with van der Waals surface area (Å²) in [5, 5.41) is 0. The number of nitrogens with two attached hydrogens (primary N) is 1. The second kappa shape index (κ2) is 4.59. The fourth-order valence-corrected chi connectivity index (χ4v) is 1.02. The van der Waals surface area contributed by atoms with E-state index >= 15 is 0 Å². The molecule has 0 spiro atoms. The van der Waals surface area contributed by atoms with Crippen LogP contribution < -0.4 is 10.5 Å². The van der Waals surface area contributed by atoms with E-state index in [4.69, 9.17) is 10.5 Å². The molecule has 0 radical (unpaired) electrons. The molecule has 0 aliphatic heterocycles. The van der Waals surface area contributed by atoms with Crippen molar-refractivity contribution in [3.63, 3.8) is 0 Å². The number of rotatable bonds is 3. The Morgan fingerprint density at radius 2 is 2.14 bits per heavy atom. The van der Waals surface area contributed by atoms with Crippen LogP contribution in [0, 0.1) is 11.6 Å². The highest BCUT2D eigenvalue weighted by Gasteiger charge is 2.13. The quantitative estimate of drug-likeness (QED) is 0.674. The van der Waals surface area contributed by atoms with Crippen molar-refractivity contribution in [3.05, 3.63) is 23.8 Å². The van der Waals surface area contributed by atoms with E-state index in [9.17, 15) is 8.78 Å². The zero-order valence-electron chi connectivity index (χ0n) is 7.56. The summed E-state index contributed by atoms with van der Waals surface area (Å²) in [5.74, 6) is -2.23. The van der Waals surface area contributed by atoms with E-state index in [-0.39, 0.29) is 22.9 Å². The van der Waals surface area contributed by atoms with Crippen LogP contribution in [-0.2, 0) is 0 Å². The van der Waals surface area contributed by atoms with Crippen LogP contribution in [0.15, 0.2) is 12.1 Å². The Kier molecular flexibility index (Phi) is 3.69. The third-order valence-corrected chi connectivity index (χ3v) is 1.80. The van der Waals surface area contributed by atoms with Crippen molar-refractivity contribution < 1.29 is 13.5 Å². The molecule has 0 unspecified atom stereocenters. The molecule has 1 aromatic carbocycles. The molecule has 1 atom stereocenters. The maximum atomic E-state index is 13.1. The van der Waals surface area contributed by atoms with Gasteiger partial charge in [-0.3, -0.25) is 0 Å². The van der Waals surface area contributed by atoms with Gasteiger partial charge >= 0.3 is 0 Å². The van der Waals surface area contributed by atoms with Crippen LogP contribution in [0.2, 0.25) is 0 Å². The second-order valence-corrected chi connectivity index (χ2v) is 4.43. The summed E-state index contributed by atoms with van der Waals surface area (Å²) in [7, 11) is 0. The number of ether oxygens (including phenoxy) is 1. The summed E-state index contributed by atoms with van der Waals surface area (Å²) in [4.78, 5) is 0.0459. The van der Waals surface area contributed by atoms with Gasteiger partial charge in [0, 0.05) is 4.83 Å². The number of nitrogen functional groups attached to an aromatic ring is 1. The molecule has 2 N–H and O–H groups in total. The van der Waals surface area contributed by atoms with Gasteiger partial charge in [0.1, 0.15) is 6.61 Å². The molecule has 78 valence electrons. The largest absolute Gasteiger partial charge is 0.487 e. The van der Waals surface area contributed by atoms with Crippen molar-refractivity contribution in [2.24, 2.45) is 0 Å². The highest BCUT2D eigenvalue weighted by atomic mass is 79.9. The Hall–Kier alpha value is -0.840. The maximum absolute atomic E-state index is 13.1. The Balaban J connectivity index is 2.89. The molecule has 2 nitrogen and oxygen atoms in total. The minimum Gasteiger partial charge on any atom is -0.487 e. The van der Waals surface area contributed by atoms with Crippen molar-refractivity contribution in [1.29, 1.82) is 0 Å². The number of anilines is 1. The predicted molar refractivity (Wildman–Crippen MR) is 54.7 cm³/mol. The lowest BCUT2D eigenvalue weighted by atomic mass is 10.3. The first-order valence-corrected chi connectivity index (χ1v) is 4.94. The number of alkyl halides is 1. The van der Waals surface area contributed by atoms with Gasteiger partial charge in [-0.15, -0.1) is 0 Å². The Morgan fingerprint density at radius 3 is 2.71 bits per heavy atom. The van der Waals surface area contributed by atoms with Crippen LogP contribution in [0.25, 0.3) is 0 Å². The smallest absolute Gasteiger partial charge is 0.202 e. The second-order valence-electron chi connectivity index (χ2n) is 2.87. The minimum atomic E-state index is -1.04. The van der Waals surface area contributed by atoms with Crippen molar-refractivity contribution in [1.82, 2.24) is 0 Å². The summed E-state index contributed by atoms with van der Waals surface area (Å²) in [6, 6.07) is 2.24. The first kappa shape index (κ1) is 11.2. The minimum absolute atomic E-state index is 0.0459. The Bertz CT molecular complexity index is 331. The molecule has 0 aliphatic carbocycles. The van der Waals surface area contributed by atoms with Crippen molar-refractivity contribution in [2.45, 2.75) is 11.8 Å². The molecule has 0 saturated heterocycles. The molecule has 0 fully saturated rings. The van der Waals surface area contributed by atoms with Gasteiger partial charge in [-0.05, 0) is 19.1 Å². The van der Waals surface area contributed by atoms with Gasteiger partial charge < -0.3 is 10.5 Å². The number of halogens is 3. The highest BCUT2D eigenvalue weighted by molar-refractivity contribution is 9.09. The molecule has 1 rings (SSSR count). The van der Waals surface area contributed by atoms with E-state index in [0.29, 0.717) is 0 Å². The topological polar surface area (TPSA) is 35.2 Å². The summed E-state index contributed by atoms with van der Waals surface area (Å²) in [6.45, 7) is 2.05. The summed E-state index contributed by atoms with van der Waals surface area (Å²) in [5.41, 5.74) is 5.52. The SMILES string of the molecule is C[C@@H](Br)COc1c(N)ccc(F)c1F. The molecule has 0 aromatic heterocycles. The molecular formula is C9H10BrF2NO. The van der Waals surface area contributed by atoms with Crippen LogP contribution in [-0.4, -0.2) is 11.4 Å². The van der Waals surface area contributed by atoms with E-state index < -0.39 is 11.6 Å². The van der Waals surface area contributed by atoms with E-state index in [1.165, 1.54) is 6.07 Å². The summed E-state index contributed by atoms with van der Waals surface area (Å²) in [6.07, 6.45) is 0. The highest BCUT2D eigenvalue weighted by Crippen LogP contribution is 2.27. The summed E-state index contributed by atoms with van der Waals surface area (Å²) < 4.78 is 30.9. The fourth-order valence-electron chi connectivity index (χ4n) is 0.892. The molecular weight excluding hydrogens is 256 g/mol. The van der Waals surface area contributed by atoms with Gasteiger partial charge in [0.2, 0.25) is 5.82 Å². The molecule has 5 heteroatoms. The Labute approximate surface area is 89.2 Å². The normalized spacial score (nSPS) is 12.6. The molecule has 0 bridgehead atoms. The molecule has 0 amide bonds. The predicted octanol–water partition coefficient (Wildman–Crippen LogP) is 2.71. The first-order chi connectivity index (χ1) is 6.52. The van der Waals surface area contributed by atoms with E-state index in [2.05, 4.69) is 15.9 Å². The van der Waals surface area contributed by atoms with E-state index in [1.807, 2.05) is 6.92 Å². The van der Waals surface area contributed by atoms with Gasteiger partial charge in [0.05, 0.1) is 5.69 Å². The molecule has 0 aliphatic rings. The molecule has 14 heavy (non-hydrogen) atoms. The molecule has 1 aromatic rings. The van der Waals surface area contributed by atoms with Crippen LogP contribution in [0.5, 0.6) is 5.75 Å².